The number of nitriles is 1. The summed E-state index contributed by atoms with van der Waals surface area (Å²) in [7, 11) is 0. The molecule has 0 saturated carbocycles. The van der Waals surface area contributed by atoms with E-state index in [4.69, 9.17) is 5.26 Å². The van der Waals surface area contributed by atoms with Crippen LogP contribution in [-0.2, 0) is 0 Å². The lowest BCUT2D eigenvalue weighted by Crippen LogP contribution is -2.08. The van der Waals surface area contributed by atoms with Crippen molar-refractivity contribution < 1.29 is 4.92 Å². The van der Waals surface area contributed by atoms with E-state index in [2.05, 4.69) is 5.32 Å². The Morgan fingerprint density at radius 3 is 2.62 bits per heavy atom. The molecule has 1 atom stereocenters. The van der Waals surface area contributed by atoms with E-state index in [-0.39, 0.29) is 17.3 Å². The Balaban J connectivity index is 2.27. The SMILES string of the molecule is Cc1ccccc1[C@@H](C)Nc1ccc([N+](=O)[O-])c(C#N)c1. The number of nitrogens with one attached hydrogen (secondary N) is 1. The van der Waals surface area contributed by atoms with Crippen molar-refractivity contribution in [2.24, 2.45) is 0 Å². The van der Waals surface area contributed by atoms with E-state index in [1.54, 1.807) is 6.07 Å². The summed E-state index contributed by atoms with van der Waals surface area (Å²) in [4.78, 5) is 10.3. The molecule has 2 aromatic rings. The van der Waals surface area contributed by atoms with Gasteiger partial charge in [0.05, 0.1) is 4.92 Å². The molecule has 106 valence electrons. The van der Waals surface area contributed by atoms with Gasteiger partial charge in [-0.15, -0.1) is 0 Å². The van der Waals surface area contributed by atoms with Crippen molar-refractivity contribution in [3.05, 3.63) is 69.3 Å². The molecule has 0 saturated heterocycles. The van der Waals surface area contributed by atoms with E-state index < -0.39 is 4.92 Å². The molecule has 5 heteroatoms. The minimum atomic E-state index is -0.549. The molecule has 0 unspecified atom stereocenters. The molecule has 0 aromatic heterocycles. The van der Waals surface area contributed by atoms with Crippen LogP contribution in [0, 0.1) is 28.4 Å². The van der Waals surface area contributed by atoms with Crippen LogP contribution in [0.5, 0.6) is 0 Å². The standard InChI is InChI=1S/C16H15N3O2/c1-11-5-3-4-6-15(11)12(2)18-14-7-8-16(19(20)21)13(9-14)10-17/h3-9,12,18H,1-2H3/t12-/m1/s1. The summed E-state index contributed by atoms with van der Waals surface area (Å²) < 4.78 is 0. The first kappa shape index (κ1) is 14.5. The van der Waals surface area contributed by atoms with Crippen molar-refractivity contribution in [1.29, 1.82) is 5.26 Å². The normalized spacial score (nSPS) is 11.5. The lowest BCUT2D eigenvalue weighted by molar-refractivity contribution is -0.385. The summed E-state index contributed by atoms with van der Waals surface area (Å²) in [5, 5.41) is 23.1. The summed E-state index contributed by atoms with van der Waals surface area (Å²) in [6.07, 6.45) is 0. The van der Waals surface area contributed by atoms with Gasteiger partial charge in [0.1, 0.15) is 11.6 Å². The van der Waals surface area contributed by atoms with E-state index in [0.717, 1.165) is 5.56 Å². The van der Waals surface area contributed by atoms with Crippen molar-refractivity contribution in [3.8, 4) is 6.07 Å². The predicted octanol–water partition coefficient (Wildman–Crippen LogP) is 3.95. The molecule has 21 heavy (non-hydrogen) atoms. The number of nitro benzene ring substituents is 1. The van der Waals surface area contributed by atoms with Crippen LogP contribution < -0.4 is 5.32 Å². The Kier molecular flexibility index (Phi) is 4.19. The number of aryl methyl sites for hydroxylation is 1. The molecular formula is C16H15N3O2. The highest BCUT2D eigenvalue weighted by molar-refractivity contribution is 5.59. The third-order valence-corrected chi connectivity index (χ3v) is 3.35. The summed E-state index contributed by atoms with van der Waals surface area (Å²) in [6.45, 7) is 4.04. The molecule has 0 fully saturated rings. The van der Waals surface area contributed by atoms with Gasteiger partial charge in [-0.2, -0.15) is 5.26 Å². The number of anilines is 1. The highest BCUT2D eigenvalue weighted by atomic mass is 16.6. The van der Waals surface area contributed by atoms with Gasteiger partial charge >= 0.3 is 0 Å². The summed E-state index contributed by atoms with van der Waals surface area (Å²) >= 11 is 0. The minimum absolute atomic E-state index is 0.0409. The molecule has 0 bridgehead atoms. The van der Waals surface area contributed by atoms with Gasteiger partial charge in [-0.25, -0.2) is 0 Å². The van der Waals surface area contributed by atoms with Crippen LogP contribution in [0.4, 0.5) is 11.4 Å². The van der Waals surface area contributed by atoms with Crippen molar-refractivity contribution >= 4 is 11.4 Å². The maximum absolute atomic E-state index is 10.8. The van der Waals surface area contributed by atoms with Crippen molar-refractivity contribution in [2.45, 2.75) is 19.9 Å². The summed E-state index contributed by atoms with van der Waals surface area (Å²) in [5.74, 6) is 0. The van der Waals surface area contributed by atoms with Crippen molar-refractivity contribution in [2.75, 3.05) is 5.32 Å². The summed E-state index contributed by atoms with van der Waals surface area (Å²) in [6, 6.07) is 14.4. The van der Waals surface area contributed by atoms with Crippen LogP contribution in [0.15, 0.2) is 42.5 Å². The zero-order valence-corrected chi connectivity index (χ0v) is 11.8. The van der Waals surface area contributed by atoms with Crippen LogP contribution in [0.25, 0.3) is 0 Å². The van der Waals surface area contributed by atoms with Gasteiger partial charge in [-0.1, -0.05) is 24.3 Å². The van der Waals surface area contributed by atoms with Gasteiger partial charge in [0.15, 0.2) is 0 Å². The number of rotatable bonds is 4. The highest BCUT2D eigenvalue weighted by Gasteiger charge is 2.15. The number of nitro groups is 1. The maximum Gasteiger partial charge on any atom is 0.287 e. The molecule has 0 amide bonds. The van der Waals surface area contributed by atoms with Crippen LogP contribution in [-0.4, -0.2) is 4.92 Å². The lowest BCUT2D eigenvalue weighted by atomic mass is 10.0. The second-order valence-corrected chi connectivity index (χ2v) is 4.82. The fraction of sp³-hybridized carbons (Fsp3) is 0.188. The monoisotopic (exact) mass is 281 g/mol. The Morgan fingerprint density at radius 1 is 1.29 bits per heavy atom. The Labute approximate surface area is 123 Å². The zero-order valence-electron chi connectivity index (χ0n) is 11.8. The Morgan fingerprint density at radius 2 is 2.00 bits per heavy atom. The molecule has 0 aliphatic heterocycles. The van der Waals surface area contributed by atoms with E-state index >= 15 is 0 Å². The third-order valence-electron chi connectivity index (χ3n) is 3.35. The second-order valence-electron chi connectivity index (χ2n) is 4.82. The minimum Gasteiger partial charge on any atom is -0.378 e. The molecular weight excluding hydrogens is 266 g/mol. The van der Waals surface area contributed by atoms with Crippen LogP contribution in [0.3, 0.4) is 0 Å². The first-order chi connectivity index (χ1) is 10.0. The average Bonchev–Trinajstić information content (AvgIpc) is 2.47. The highest BCUT2D eigenvalue weighted by Crippen LogP contribution is 2.26. The van der Waals surface area contributed by atoms with Gasteiger partial charge in [0.2, 0.25) is 0 Å². The second kappa shape index (κ2) is 6.06. The fourth-order valence-electron chi connectivity index (χ4n) is 2.27. The number of benzene rings is 2. The van der Waals surface area contributed by atoms with Crippen LogP contribution in [0.2, 0.25) is 0 Å². The Bertz CT molecular complexity index is 720. The average molecular weight is 281 g/mol. The lowest BCUT2D eigenvalue weighted by Gasteiger charge is -2.17. The van der Waals surface area contributed by atoms with Crippen LogP contribution in [0.1, 0.15) is 29.7 Å². The van der Waals surface area contributed by atoms with Gasteiger partial charge in [0.25, 0.3) is 5.69 Å². The van der Waals surface area contributed by atoms with E-state index in [9.17, 15) is 10.1 Å². The molecule has 2 rings (SSSR count). The van der Waals surface area contributed by atoms with Gasteiger partial charge < -0.3 is 5.32 Å². The van der Waals surface area contributed by atoms with E-state index in [1.165, 1.54) is 17.7 Å². The smallest absolute Gasteiger partial charge is 0.287 e. The number of nitrogens with zero attached hydrogens (tertiary/aromatic N) is 2. The predicted molar refractivity (Wildman–Crippen MR) is 81.0 cm³/mol. The molecule has 1 N–H and O–H groups in total. The van der Waals surface area contributed by atoms with Crippen LogP contribution >= 0.6 is 0 Å². The van der Waals surface area contributed by atoms with Gasteiger partial charge in [-0.3, -0.25) is 10.1 Å². The molecule has 2 aromatic carbocycles. The molecule has 5 nitrogen and oxygen atoms in total. The third kappa shape index (κ3) is 3.18. The Hall–Kier alpha value is -2.87. The van der Waals surface area contributed by atoms with Crippen molar-refractivity contribution in [1.82, 2.24) is 0 Å². The number of hydrogen-bond donors (Lipinski definition) is 1. The zero-order chi connectivity index (χ0) is 15.4. The molecule has 0 radical (unpaired) electrons. The molecule has 0 heterocycles. The first-order valence-corrected chi connectivity index (χ1v) is 6.53. The van der Waals surface area contributed by atoms with E-state index in [0.29, 0.717) is 5.69 Å². The number of hydrogen-bond acceptors (Lipinski definition) is 4. The first-order valence-electron chi connectivity index (χ1n) is 6.53. The largest absolute Gasteiger partial charge is 0.378 e. The molecule has 0 aliphatic carbocycles. The quantitative estimate of drug-likeness (QED) is 0.679. The van der Waals surface area contributed by atoms with Gasteiger partial charge in [0, 0.05) is 17.8 Å². The molecule has 0 spiro atoms. The maximum atomic E-state index is 10.8. The fourth-order valence-corrected chi connectivity index (χ4v) is 2.27. The van der Waals surface area contributed by atoms with Gasteiger partial charge in [-0.05, 0) is 37.1 Å². The summed E-state index contributed by atoms with van der Waals surface area (Å²) in [5.41, 5.74) is 2.88. The van der Waals surface area contributed by atoms with Crippen molar-refractivity contribution in [3.63, 3.8) is 0 Å². The van der Waals surface area contributed by atoms with E-state index in [1.807, 2.05) is 44.2 Å². The molecule has 0 aliphatic rings. The topological polar surface area (TPSA) is 79.0 Å².